The van der Waals surface area contributed by atoms with Crippen LogP contribution in [0.15, 0.2) is 30.5 Å². The number of fused-ring (bicyclic) bond motifs is 1. The minimum Gasteiger partial charge on any atom is -0.365 e. The monoisotopic (exact) mass is 373 g/mol. The van der Waals surface area contributed by atoms with Gasteiger partial charge in [0.1, 0.15) is 5.82 Å². The first-order valence-corrected chi connectivity index (χ1v) is 8.84. The predicted molar refractivity (Wildman–Crippen MR) is 107 cm³/mol. The van der Waals surface area contributed by atoms with E-state index in [1.807, 2.05) is 31.3 Å². The second kappa shape index (κ2) is 7.09. The molecule has 0 radical (unpaired) electrons. The van der Waals surface area contributed by atoms with Crippen LogP contribution in [0.2, 0.25) is 5.02 Å². The van der Waals surface area contributed by atoms with Gasteiger partial charge in [0, 0.05) is 30.2 Å². The molecule has 7 nitrogen and oxygen atoms in total. The van der Waals surface area contributed by atoms with E-state index in [0.717, 1.165) is 22.4 Å². The zero-order valence-corrected chi connectivity index (χ0v) is 16.2. The summed E-state index contributed by atoms with van der Waals surface area (Å²) in [6.45, 7) is 6.70. The molecule has 0 bridgehead atoms. The summed E-state index contributed by atoms with van der Waals surface area (Å²) in [7, 11) is 1.86. The third kappa shape index (κ3) is 4.05. The quantitative estimate of drug-likeness (QED) is 0.635. The minimum absolute atomic E-state index is 0.137. The largest absolute Gasteiger partial charge is 0.365 e. The van der Waals surface area contributed by atoms with E-state index in [4.69, 9.17) is 17.3 Å². The van der Waals surface area contributed by atoms with Gasteiger partial charge < -0.3 is 16.4 Å². The summed E-state index contributed by atoms with van der Waals surface area (Å²) >= 11 is 6.22. The summed E-state index contributed by atoms with van der Waals surface area (Å²) in [6.07, 6.45) is 1.77. The summed E-state index contributed by atoms with van der Waals surface area (Å²) < 4.78 is 1.73. The number of halogens is 1. The van der Waals surface area contributed by atoms with Gasteiger partial charge in [-0.2, -0.15) is 15.1 Å². The molecule has 2 aromatic heterocycles. The molecule has 26 heavy (non-hydrogen) atoms. The lowest BCUT2D eigenvalue weighted by atomic mass is 10.1. The van der Waals surface area contributed by atoms with Gasteiger partial charge in [-0.25, -0.2) is 0 Å². The van der Waals surface area contributed by atoms with E-state index in [1.54, 1.807) is 10.9 Å². The molecule has 2 heterocycles. The fourth-order valence-electron chi connectivity index (χ4n) is 2.64. The Kier molecular flexibility index (Phi) is 5.02. The van der Waals surface area contributed by atoms with Crippen molar-refractivity contribution in [3.8, 4) is 0 Å². The highest BCUT2D eigenvalue weighted by molar-refractivity contribution is 6.31. The molecule has 3 aromatic rings. The molecule has 0 amide bonds. The Morgan fingerprint density at radius 1 is 1.23 bits per heavy atom. The van der Waals surface area contributed by atoms with Crippen LogP contribution in [0.4, 0.5) is 11.8 Å². The molecule has 3 rings (SSSR count). The smallest absolute Gasteiger partial charge is 0.226 e. The van der Waals surface area contributed by atoms with Crippen LogP contribution in [-0.2, 0) is 7.05 Å². The molecule has 0 aliphatic heterocycles. The van der Waals surface area contributed by atoms with E-state index in [-0.39, 0.29) is 11.6 Å². The summed E-state index contributed by atoms with van der Waals surface area (Å²) in [4.78, 5) is 9.18. The molecule has 0 aliphatic rings. The van der Waals surface area contributed by atoms with Gasteiger partial charge in [0.2, 0.25) is 5.95 Å². The van der Waals surface area contributed by atoms with Gasteiger partial charge in [-0.15, -0.1) is 0 Å². The zero-order chi connectivity index (χ0) is 18.9. The molecular formula is C18H24ClN7. The van der Waals surface area contributed by atoms with Crippen molar-refractivity contribution < 1.29 is 0 Å². The van der Waals surface area contributed by atoms with Crippen molar-refractivity contribution in [3.63, 3.8) is 0 Å². The van der Waals surface area contributed by atoms with Crippen LogP contribution in [0, 0.1) is 0 Å². The molecule has 0 unspecified atom stereocenters. The van der Waals surface area contributed by atoms with Crippen molar-refractivity contribution in [2.75, 3.05) is 17.2 Å². The summed E-state index contributed by atoms with van der Waals surface area (Å²) in [5.41, 5.74) is 7.77. The minimum atomic E-state index is -0.270. The molecule has 138 valence electrons. The summed E-state index contributed by atoms with van der Waals surface area (Å²) in [5, 5.41) is 12.4. The average molecular weight is 374 g/mol. The average Bonchev–Trinajstić information content (AvgIpc) is 2.93. The lowest BCUT2D eigenvalue weighted by molar-refractivity contribution is 0.631. The molecule has 0 fully saturated rings. The second-order valence-corrected chi connectivity index (χ2v) is 7.69. The highest BCUT2D eigenvalue weighted by Gasteiger charge is 2.17. The van der Waals surface area contributed by atoms with Crippen molar-refractivity contribution in [2.24, 2.45) is 12.8 Å². The maximum Gasteiger partial charge on any atom is 0.226 e. The number of hydrogen-bond acceptors (Lipinski definition) is 6. The molecule has 4 N–H and O–H groups in total. The number of aromatic nitrogens is 4. The first-order valence-electron chi connectivity index (χ1n) is 8.46. The predicted octanol–water partition coefficient (Wildman–Crippen LogP) is 3.34. The molecular weight excluding hydrogens is 350 g/mol. The van der Waals surface area contributed by atoms with E-state index in [2.05, 4.69) is 46.5 Å². The van der Waals surface area contributed by atoms with Crippen molar-refractivity contribution in [1.82, 2.24) is 19.7 Å². The standard InChI is InChI=1S/C18H24ClN7/c1-18(2,3)25-15-12-9-22-26(4)16(12)24-17(23-15)21-10-14(20)11-7-5-6-8-13(11)19/h5-9,14H,10,20H2,1-4H3,(H2,21,23,24,25)/t14-/m0/s1. The number of aryl methyl sites for hydroxylation is 1. The SMILES string of the molecule is Cn1ncc2c(NC(C)(C)C)nc(NC[C@H](N)c3ccccc3Cl)nc21. The highest BCUT2D eigenvalue weighted by atomic mass is 35.5. The zero-order valence-electron chi connectivity index (χ0n) is 15.4. The van der Waals surface area contributed by atoms with Crippen LogP contribution in [0.1, 0.15) is 32.4 Å². The van der Waals surface area contributed by atoms with E-state index >= 15 is 0 Å². The summed E-state index contributed by atoms with van der Waals surface area (Å²) in [5.74, 6) is 1.24. The Morgan fingerprint density at radius 3 is 2.65 bits per heavy atom. The fourth-order valence-corrected chi connectivity index (χ4v) is 2.91. The van der Waals surface area contributed by atoms with Gasteiger partial charge in [-0.3, -0.25) is 4.68 Å². The number of nitrogens with two attached hydrogens (primary N) is 1. The van der Waals surface area contributed by atoms with E-state index in [1.165, 1.54) is 0 Å². The molecule has 0 saturated heterocycles. The van der Waals surface area contributed by atoms with Gasteiger partial charge in [-0.1, -0.05) is 29.8 Å². The van der Waals surface area contributed by atoms with Crippen LogP contribution in [0.25, 0.3) is 11.0 Å². The number of hydrogen-bond donors (Lipinski definition) is 3. The Bertz CT molecular complexity index is 914. The first kappa shape index (κ1) is 18.4. The number of rotatable bonds is 5. The van der Waals surface area contributed by atoms with Crippen molar-refractivity contribution >= 4 is 34.4 Å². The van der Waals surface area contributed by atoms with Crippen LogP contribution in [0.5, 0.6) is 0 Å². The van der Waals surface area contributed by atoms with Gasteiger partial charge in [0.05, 0.1) is 11.6 Å². The lowest BCUT2D eigenvalue weighted by Crippen LogP contribution is -2.27. The van der Waals surface area contributed by atoms with Crippen molar-refractivity contribution in [1.29, 1.82) is 0 Å². The van der Waals surface area contributed by atoms with E-state index in [0.29, 0.717) is 17.5 Å². The number of nitrogens with zero attached hydrogens (tertiary/aromatic N) is 4. The number of anilines is 2. The Balaban J connectivity index is 1.86. The Morgan fingerprint density at radius 2 is 1.96 bits per heavy atom. The number of benzene rings is 1. The summed E-state index contributed by atoms with van der Waals surface area (Å²) in [6, 6.07) is 7.29. The normalized spacial score (nSPS) is 13.0. The van der Waals surface area contributed by atoms with E-state index in [9.17, 15) is 0 Å². The van der Waals surface area contributed by atoms with Gasteiger partial charge >= 0.3 is 0 Å². The maximum absolute atomic E-state index is 6.27. The van der Waals surface area contributed by atoms with Gasteiger partial charge in [0.25, 0.3) is 0 Å². The molecule has 0 aliphatic carbocycles. The molecule has 1 aromatic carbocycles. The lowest BCUT2D eigenvalue weighted by Gasteiger charge is -2.22. The van der Waals surface area contributed by atoms with Crippen LogP contribution in [-0.4, -0.2) is 31.8 Å². The second-order valence-electron chi connectivity index (χ2n) is 7.29. The maximum atomic E-state index is 6.27. The van der Waals surface area contributed by atoms with Crippen LogP contribution >= 0.6 is 11.6 Å². The van der Waals surface area contributed by atoms with E-state index < -0.39 is 0 Å². The van der Waals surface area contributed by atoms with Crippen molar-refractivity contribution in [3.05, 3.63) is 41.0 Å². The van der Waals surface area contributed by atoms with Crippen LogP contribution < -0.4 is 16.4 Å². The van der Waals surface area contributed by atoms with Gasteiger partial charge in [-0.05, 0) is 32.4 Å². The van der Waals surface area contributed by atoms with Gasteiger partial charge in [0.15, 0.2) is 5.65 Å². The van der Waals surface area contributed by atoms with Crippen LogP contribution in [0.3, 0.4) is 0 Å². The molecule has 8 heteroatoms. The topological polar surface area (TPSA) is 93.7 Å². The number of nitrogens with one attached hydrogen (secondary N) is 2. The Hall–Kier alpha value is -2.38. The fraction of sp³-hybridized carbons (Fsp3) is 0.389. The third-order valence-electron chi connectivity index (χ3n) is 3.87. The first-order chi connectivity index (χ1) is 12.2. The highest BCUT2D eigenvalue weighted by Crippen LogP contribution is 2.25. The van der Waals surface area contributed by atoms with Crippen molar-refractivity contribution in [2.45, 2.75) is 32.4 Å². The third-order valence-corrected chi connectivity index (χ3v) is 4.21. The molecule has 1 atom stereocenters. The molecule has 0 saturated carbocycles. The Labute approximate surface area is 158 Å². The molecule has 0 spiro atoms.